The van der Waals surface area contributed by atoms with Crippen molar-refractivity contribution in [2.45, 2.75) is 44.3 Å². The standard InChI is InChI=1S/C13H18BrNO3/c1-9-10(14)5-6-12(15-9)18-8-13(17)7-3-2-4-11(13)16/h5-6,11,16-17H,2-4,7-8H2,1H3/t11-,13+/m1/s1. The summed E-state index contributed by atoms with van der Waals surface area (Å²) in [4.78, 5) is 4.25. The molecule has 2 N–H and O–H groups in total. The van der Waals surface area contributed by atoms with Crippen LogP contribution in [0.1, 0.15) is 31.4 Å². The molecule has 18 heavy (non-hydrogen) atoms. The second-order valence-corrected chi connectivity index (χ2v) is 5.72. The van der Waals surface area contributed by atoms with Gasteiger partial charge in [0.1, 0.15) is 12.2 Å². The van der Waals surface area contributed by atoms with Crippen LogP contribution in [0.2, 0.25) is 0 Å². The van der Waals surface area contributed by atoms with Crippen molar-refractivity contribution in [1.82, 2.24) is 4.98 Å². The van der Waals surface area contributed by atoms with Crippen LogP contribution in [0.3, 0.4) is 0 Å². The minimum absolute atomic E-state index is 0.0856. The number of aliphatic hydroxyl groups excluding tert-OH is 1. The van der Waals surface area contributed by atoms with Gasteiger partial charge >= 0.3 is 0 Å². The molecule has 1 aliphatic rings. The summed E-state index contributed by atoms with van der Waals surface area (Å²) in [6, 6.07) is 3.61. The molecule has 1 aliphatic carbocycles. The third-order valence-electron chi connectivity index (χ3n) is 3.42. The van der Waals surface area contributed by atoms with E-state index in [2.05, 4.69) is 20.9 Å². The number of nitrogens with zero attached hydrogens (tertiary/aromatic N) is 1. The minimum Gasteiger partial charge on any atom is -0.474 e. The zero-order chi connectivity index (χ0) is 13.2. The number of aliphatic hydroxyl groups is 2. The zero-order valence-electron chi connectivity index (χ0n) is 10.4. The van der Waals surface area contributed by atoms with E-state index < -0.39 is 11.7 Å². The maximum absolute atomic E-state index is 10.3. The third-order valence-corrected chi connectivity index (χ3v) is 4.26. The minimum atomic E-state index is -1.14. The lowest BCUT2D eigenvalue weighted by Gasteiger charge is -2.36. The monoisotopic (exact) mass is 315 g/mol. The molecule has 4 nitrogen and oxygen atoms in total. The number of aromatic nitrogens is 1. The Morgan fingerprint density at radius 3 is 2.94 bits per heavy atom. The Morgan fingerprint density at radius 1 is 1.50 bits per heavy atom. The van der Waals surface area contributed by atoms with Crippen LogP contribution in [0.4, 0.5) is 0 Å². The molecule has 0 unspecified atom stereocenters. The van der Waals surface area contributed by atoms with Crippen LogP contribution in [0, 0.1) is 6.92 Å². The fourth-order valence-electron chi connectivity index (χ4n) is 2.17. The van der Waals surface area contributed by atoms with E-state index in [1.807, 2.05) is 13.0 Å². The van der Waals surface area contributed by atoms with E-state index in [-0.39, 0.29) is 6.61 Å². The summed E-state index contributed by atoms with van der Waals surface area (Å²) in [6.07, 6.45) is 2.38. The Labute approximate surface area is 115 Å². The number of hydrogen-bond donors (Lipinski definition) is 2. The van der Waals surface area contributed by atoms with Crippen LogP contribution >= 0.6 is 15.9 Å². The lowest BCUT2D eigenvalue weighted by Crippen LogP contribution is -2.49. The van der Waals surface area contributed by atoms with Crippen molar-refractivity contribution in [2.75, 3.05) is 6.61 Å². The van der Waals surface area contributed by atoms with Crippen LogP contribution in [-0.2, 0) is 0 Å². The smallest absolute Gasteiger partial charge is 0.213 e. The van der Waals surface area contributed by atoms with Crippen molar-refractivity contribution < 1.29 is 14.9 Å². The van der Waals surface area contributed by atoms with Crippen LogP contribution < -0.4 is 4.74 Å². The van der Waals surface area contributed by atoms with Gasteiger partial charge in [-0.15, -0.1) is 0 Å². The molecule has 0 radical (unpaired) electrons. The van der Waals surface area contributed by atoms with E-state index in [9.17, 15) is 10.2 Å². The first-order valence-corrected chi connectivity index (χ1v) is 6.97. The number of halogens is 1. The summed E-state index contributed by atoms with van der Waals surface area (Å²) in [5, 5.41) is 20.2. The molecule has 1 heterocycles. The summed E-state index contributed by atoms with van der Waals surface area (Å²) >= 11 is 3.37. The van der Waals surface area contributed by atoms with Gasteiger partial charge in [-0.2, -0.15) is 0 Å². The summed E-state index contributed by atoms with van der Waals surface area (Å²) in [6.45, 7) is 1.96. The maximum Gasteiger partial charge on any atom is 0.213 e. The van der Waals surface area contributed by atoms with Gasteiger partial charge in [0.05, 0.1) is 11.8 Å². The summed E-state index contributed by atoms with van der Waals surface area (Å²) < 4.78 is 6.44. The van der Waals surface area contributed by atoms with E-state index in [0.29, 0.717) is 18.7 Å². The number of ether oxygens (including phenoxy) is 1. The summed E-state index contributed by atoms with van der Waals surface area (Å²) in [5.74, 6) is 0.474. The fourth-order valence-corrected chi connectivity index (χ4v) is 2.39. The van der Waals surface area contributed by atoms with Gasteiger partial charge in [0.25, 0.3) is 0 Å². The van der Waals surface area contributed by atoms with E-state index in [0.717, 1.165) is 23.0 Å². The molecule has 1 aromatic rings. The van der Waals surface area contributed by atoms with Crippen LogP contribution in [0.25, 0.3) is 0 Å². The van der Waals surface area contributed by atoms with Gasteiger partial charge in [0.2, 0.25) is 5.88 Å². The van der Waals surface area contributed by atoms with Crippen LogP contribution in [0.5, 0.6) is 5.88 Å². The van der Waals surface area contributed by atoms with E-state index in [4.69, 9.17) is 4.74 Å². The maximum atomic E-state index is 10.3. The van der Waals surface area contributed by atoms with E-state index in [1.54, 1.807) is 6.07 Å². The quantitative estimate of drug-likeness (QED) is 0.897. The topological polar surface area (TPSA) is 62.6 Å². The highest BCUT2D eigenvalue weighted by atomic mass is 79.9. The highest BCUT2D eigenvalue weighted by Crippen LogP contribution is 2.29. The first-order chi connectivity index (χ1) is 8.51. The third kappa shape index (κ3) is 3.02. The van der Waals surface area contributed by atoms with Gasteiger partial charge < -0.3 is 14.9 Å². The van der Waals surface area contributed by atoms with Crippen molar-refractivity contribution in [3.63, 3.8) is 0 Å². The first-order valence-electron chi connectivity index (χ1n) is 6.18. The highest BCUT2D eigenvalue weighted by molar-refractivity contribution is 9.10. The lowest BCUT2D eigenvalue weighted by molar-refractivity contribution is -0.121. The Bertz CT molecular complexity index is 427. The van der Waals surface area contributed by atoms with Gasteiger partial charge in [0.15, 0.2) is 0 Å². The molecular formula is C13H18BrNO3. The molecule has 1 aromatic heterocycles. The van der Waals surface area contributed by atoms with Crippen LogP contribution in [-0.4, -0.2) is 33.5 Å². The second-order valence-electron chi connectivity index (χ2n) is 4.87. The molecule has 2 atom stereocenters. The fraction of sp³-hybridized carbons (Fsp3) is 0.615. The predicted molar refractivity (Wildman–Crippen MR) is 71.6 cm³/mol. The molecule has 1 saturated carbocycles. The Balaban J connectivity index is 1.99. The number of pyridine rings is 1. The summed E-state index contributed by atoms with van der Waals surface area (Å²) in [7, 11) is 0. The lowest BCUT2D eigenvalue weighted by atomic mass is 9.83. The molecular weight excluding hydrogens is 298 g/mol. The number of hydrogen-bond acceptors (Lipinski definition) is 4. The van der Waals surface area contributed by atoms with Gasteiger partial charge in [-0.05, 0) is 41.8 Å². The molecule has 0 spiro atoms. The van der Waals surface area contributed by atoms with E-state index >= 15 is 0 Å². The van der Waals surface area contributed by atoms with Crippen molar-refractivity contribution >= 4 is 15.9 Å². The first kappa shape index (κ1) is 13.8. The van der Waals surface area contributed by atoms with E-state index in [1.165, 1.54) is 0 Å². The normalized spacial score (nSPS) is 28.1. The molecule has 0 bridgehead atoms. The molecule has 0 aliphatic heterocycles. The van der Waals surface area contributed by atoms with Crippen molar-refractivity contribution in [1.29, 1.82) is 0 Å². The van der Waals surface area contributed by atoms with Gasteiger partial charge in [-0.25, -0.2) is 4.98 Å². The van der Waals surface area contributed by atoms with Crippen LogP contribution in [0.15, 0.2) is 16.6 Å². The Hall–Kier alpha value is -0.650. The van der Waals surface area contributed by atoms with Crippen molar-refractivity contribution in [3.05, 3.63) is 22.3 Å². The van der Waals surface area contributed by atoms with Crippen molar-refractivity contribution in [3.8, 4) is 5.88 Å². The molecule has 1 fully saturated rings. The molecule has 5 heteroatoms. The molecule has 0 amide bonds. The molecule has 2 rings (SSSR count). The number of aryl methyl sites for hydroxylation is 1. The molecule has 0 aromatic carbocycles. The zero-order valence-corrected chi connectivity index (χ0v) is 12.0. The van der Waals surface area contributed by atoms with Crippen molar-refractivity contribution in [2.24, 2.45) is 0 Å². The Morgan fingerprint density at radius 2 is 2.28 bits per heavy atom. The summed E-state index contributed by atoms with van der Waals surface area (Å²) in [5.41, 5.74) is -0.301. The molecule has 100 valence electrons. The SMILES string of the molecule is Cc1nc(OC[C@@]2(O)CCCC[C@H]2O)ccc1Br. The average molecular weight is 316 g/mol. The second kappa shape index (κ2) is 5.55. The van der Waals surface area contributed by atoms with Gasteiger partial charge in [-0.1, -0.05) is 12.8 Å². The predicted octanol–water partition coefficient (Wildman–Crippen LogP) is 2.20. The number of rotatable bonds is 3. The molecule has 0 saturated heterocycles. The van der Waals surface area contributed by atoms with Gasteiger partial charge in [-0.3, -0.25) is 0 Å². The largest absolute Gasteiger partial charge is 0.474 e. The Kier molecular flexibility index (Phi) is 4.25. The average Bonchev–Trinajstić information content (AvgIpc) is 2.35. The highest BCUT2D eigenvalue weighted by Gasteiger charge is 2.38. The van der Waals surface area contributed by atoms with Gasteiger partial charge in [0, 0.05) is 10.5 Å².